The third-order valence-corrected chi connectivity index (χ3v) is 3.76. The number of nitrogens with zero attached hydrogens (tertiary/aromatic N) is 2. The second-order valence-corrected chi connectivity index (χ2v) is 5.23. The molecule has 1 aromatic heterocycles. The predicted molar refractivity (Wildman–Crippen MR) is 70.9 cm³/mol. The van der Waals surface area contributed by atoms with Gasteiger partial charge in [-0.3, -0.25) is 4.79 Å². The molecule has 5 nitrogen and oxygen atoms in total. The van der Waals surface area contributed by atoms with Crippen LogP contribution in [0.25, 0.3) is 0 Å². The minimum atomic E-state index is 0.0272. The summed E-state index contributed by atoms with van der Waals surface area (Å²) in [7, 11) is 0. The second kappa shape index (κ2) is 5.10. The van der Waals surface area contributed by atoms with Crippen LogP contribution in [0.3, 0.4) is 0 Å². The lowest BCUT2D eigenvalue weighted by Gasteiger charge is -2.11. The molecule has 0 aromatic carbocycles. The highest BCUT2D eigenvalue weighted by Gasteiger charge is 2.25. The summed E-state index contributed by atoms with van der Waals surface area (Å²) >= 11 is 0. The lowest BCUT2D eigenvalue weighted by atomic mass is 10.1. The number of aromatic nitrogens is 2. The molecule has 0 amide bonds. The number of rotatable bonds is 5. The minimum Gasteiger partial charge on any atom is -0.365 e. The van der Waals surface area contributed by atoms with Gasteiger partial charge >= 0.3 is 0 Å². The fourth-order valence-corrected chi connectivity index (χ4v) is 2.55. The van der Waals surface area contributed by atoms with Crippen LogP contribution in [-0.4, -0.2) is 28.7 Å². The fourth-order valence-electron chi connectivity index (χ4n) is 2.55. The first kappa shape index (κ1) is 11.7. The summed E-state index contributed by atoms with van der Waals surface area (Å²) < 4.78 is 1.81. The van der Waals surface area contributed by atoms with Crippen LogP contribution in [0.5, 0.6) is 0 Å². The van der Waals surface area contributed by atoms with Crippen molar-refractivity contribution in [1.29, 1.82) is 0 Å². The van der Waals surface area contributed by atoms with Gasteiger partial charge in [-0.25, -0.2) is 4.98 Å². The quantitative estimate of drug-likeness (QED) is 0.820. The van der Waals surface area contributed by atoms with Crippen LogP contribution in [0.2, 0.25) is 0 Å². The minimum absolute atomic E-state index is 0.0272. The smallest absolute Gasteiger partial charge is 0.293 e. The Labute approximate surface area is 107 Å². The van der Waals surface area contributed by atoms with Crippen molar-refractivity contribution in [3.8, 4) is 0 Å². The lowest BCUT2D eigenvalue weighted by molar-refractivity contribution is 0.573. The molecule has 5 heteroatoms. The normalized spacial score (nSPS) is 23.2. The standard InChI is InChI=1S/C13H20N4O/c18-13-12(15-7-5-10-2-1-6-14-10)16-8-9-17(13)11-3-4-11/h8-11,14H,1-7H2,(H,15,16). The maximum absolute atomic E-state index is 12.1. The van der Waals surface area contributed by atoms with Crippen molar-refractivity contribution in [1.82, 2.24) is 14.9 Å². The Morgan fingerprint density at radius 3 is 3.06 bits per heavy atom. The van der Waals surface area contributed by atoms with Crippen molar-refractivity contribution in [3.05, 3.63) is 22.7 Å². The molecule has 2 fully saturated rings. The van der Waals surface area contributed by atoms with Gasteiger partial charge in [0.15, 0.2) is 5.82 Å². The Morgan fingerprint density at radius 1 is 1.44 bits per heavy atom. The molecule has 0 spiro atoms. The van der Waals surface area contributed by atoms with E-state index in [0.29, 0.717) is 17.9 Å². The fraction of sp³-hybridized carbons (Fsp3) is 0.692. The zero-order chi connectivity index (χ0) is 12.4. The molecule has 0 radical (unpaired) electrons. The third kappa shape index (κ3) is 2.56. The van der Waals surface area contributed by atoms with E-state index >= 15 is 0 Å². The Hall–Kier alpha value is -1.36. The van der Waals surface area contributed by atoms with Gasteiger partial charge in [0, 0.05) is 31.0 Å². The summed E-state index contributed by atoms with van der Waals surface area (Å²) in [5.41, 5.74) is 0.0272. The molecule has 0 bridgehead atoms. The highest BCUT2D eigenvalue weighted by atomic mass is 16.1. The SMILES string of the molecule is O=c1c(NCCC2CCCN2)nccn1C1CC1. The van der Waals surface area contributed by atoms with Crippen molar-refractivity contribution in [2.75, 3.05) is 18.4 Å². The topological polar surface area (TPSA) is 59.0 Å². The summed E-state index contributed by atoms with van der Waals surface area (Å²) in [6.07, 6.45) is 9.32. The average Bonchev–Trinajstić information content (AvgIpc) is 3.09. The zero-order valence-corrected chi connectivity index (χ0v) is 10.6. The first-order valence-electron chi connectivity index (χ1n) is 6.89. The molecule has 1 aliphatic heterocycles. The van der Waals surface area contributed by atoms with Gasteiger partial charge in [-0.1, -0.05) is 0 Å². The number of nitrogens with one attached hydrogen (secondary N) is 2. The number of anilines is 1. The van der Waals surface area contributed by atoms with E-state index in [1.165, 1.54) is 12.8 Å². The number of hydrogen-bond acceptors (Lipinski definition) is 4. The van der Waals surface area contributed by atoms with E-state index in [1.807, 2.05) is 4.57 Å². The molecule has 1 aliphatic carbocycles. The molecule has 18 heavy (non-hydrogen) atoms. The van der Waals surface area contributed by atoms with Crippen LogP contribution in [-0.2, 0) is 0 Å². The summed E-state index contributed by atoms with van der Waals surface area (Å²) in [5.74, 6) is 0.502. The third-order valence-electron chi connectivity index (χ3n) is 3.76. The Kier molecular flexibility index (Phi) is 3.32. The summed E-state index contributed by atoms with van der Waals surface area (Å²) in [6, 6.07) is 1.02. The van der Waals surface area contributed by atoms with Crippen LogP contribution in [0.4, 0.5) is 5.82 Å². The molecule has 98 valence electrons. The van der Waals surface area contributed by atoms with Crippen LogP contribution in [0, 0.1) is 0 Å². The van der Waals surface area contributed by atoms with Gasteiger partial charge in [-0.15, -0.1) is 0 Å². The molecule has 1 aromatic rings. The molecule has 3 rings (SSSR count). The second-order valence-electron chi connectivity index (χ2n) is 5.23. The van der Waals surface area contributed by atoms with E-state index in [2.05, 4.69) is 15.6 Å². The van der Waals surface area contributed by atoms with Gasteiger partial charge in [0.25, 0.3) is 5.56 Å². The molecular formula is C13H20N4O. The van der Waals surface area contributed by atoms with E-state index in [9.17, 15) is 4.79 Å². The molecular weight excluding hydrogens is 228 g/mol. The van der Waals surface area contributed by atoms with Crippen LogP contribution >= 0.6 is 0 Å². The van der Waals surface area contributed by atoms with E-state index in [-0.39, 0.29) is 5.56 Å². The van der Waals surface area contributed by atoms with Crippen molar-refractivity contribution >= 4 is 5.82 Å². The maximum atomic E-state index is 12.1. The first-order chi connectivity index (χ1) is 8.84. The highest BCUT2D eigenvalue weighted by molar-refractivity contribution is 5.31. The van der Waals surface area contributed by atoms with E-state index in [4.69, 9.17) is 0 Å². The monoisotopic (exact) mass is 248 g/mol. The molecule has 2 heterocycles. The lowest BCUT2D eigenvalue weighted by Crippen LogP contribution is -2.27. The average molecular weight is 248 g/mol. The summed E-state index contributed by atoms with van der Waals surface area (Å²) in [4.78, 5) is 16.2. The van der Waals surface area contributed by atoms with Gasteiger partial charge in [-0.05, 0) is 38.6 Å². The molecule has 2 aliphatic rings. The molecule has 1 saturated heterocycles. The van der Waals surface area contributed by atoms with Gasteiger partial charge in [-0.2, -0.15) is 0 Å². The van der Waals surface area contributed by atoms with Gasteiger partial charge in [0.1, 0.15) is 0 Å². The maximum Gasteiger partial charge on any atom is 0.293 e. The van der Waals surface area contributed by atoms with Crippen LogP contribution < -0.4 is 16.2 Å². The van der Waals surface area contributed by atoms with E-state index in [1.54, 1.807) is 12.4 Å². The van der Waals surface area contributed by atoms with Gasteiger partial charge in [0.2, 0.25) is 0 Å². The van der Waals surface area contributed by atoms with Gasteiger partial charge in [0.05, 0.1) is 0 Å². The first-order valence-corrected chi connectivity index (χ1v) is 6.89. The molecule has 1 saturated carbocycles. The summed E-state index contributed by atoms with van der Waals surface area (Å²) in [6.45, 7) is 1.94. The van der Waals surface area contributed by atoms with Crippen molar-refractivity contribution < 1.29 is 0 Å². The Morgan fingerprint density at radius 2 is 2.33 bits per heavy atom. The zero-order valence-electron chi connectivity index (χ0n) is 10.6. The Bertz CT molecular complexity index is 460. The van der Waals surface area contributed by atoms with Crippen LogP contribution in [0.1, 0.15) is 38.1 Å². The largest absolute Gasteiger partial charge is 0.365 e. The molecule has 2 N–H and O–H groups in total. The van der Waals surface area contributed by atoms with Crippen molar-refractivity contribution in [2.24, 2.45) is 0 Å². The predicted octanol–water partition coefficient (Wildman–Crippen LogP) is 1.13. The van der Waals surface area contributed by atoms with Crippen LogP contribution in [0.15, 0.2) is 17.2 Å². The van der Waals surface area contributed by atoms with Gasteiger partial charge < -0.3 is 15.2 Å². The number of hydrogen-bond donors (Lipinski definition) is 2. The molecule has 1 atom stereocenters. The summed E-state index contributed by atoms with van der Waals surface area (Å²) in [5, 5.41) is 6.63. The van der Waals surface area contributed by atoms with Crippen molar-refractivity contribution in [2.45, 2.75) is 44.2 Å². The van der Waals surface area contributed by atoms with E-state index < -0.39 is 0 Å². The Balaban J connectivity index is 1.58. The highest BCUT2D eigenvalue weighted by Crippen LogP contribution is 2.33. The van der Waals surface area contributed by atoms with E-state index in [0.717, 1.165) is 32.4 Å². The van der Waals surface area contributed by atoms with Crippen molar-refractivity contribution in [3.63, 3.8) is 0 Å². The molecule has 1 unspecified atom stereocenters.